The molecule has 1 atom stereocenters. The lowest BCUT2D eigenvalue weighted by Gasteiger charge is -2.37. The first-order valence-electron chi connectivity index (χ1n) is 7.17. The Kier molecular flexibility index (Phi) is 3.81. The molecule has 3 nitrogen and oxygen atoms in total. The monoisotopic (exact) mass is 245 g/mol. The molecule has 3 heteroatoms. The lowest BCUT2D eigenvalue weighted by molar-refractivity contribution is 0.236. The van der Waals surface area contributed by atoms with Crippen LogP contribution in [0.2, 0.25) is 0 Å². The van der Waals surface area contributed by atoms with Crippen molar-refractivity contribution in [2.75, 3.05) is 44.2 Å². The second-order valence-electron chi connectivity index (χ2n) is 5.42. The minimum atomic E-state index is 0.744. The maximum atomic E-state index is 3.59. The van der Waals surface area contributed by atoms with Gasteiger partial charge >= 0.3 is 0 Å². The van der Waals surface area contributed by atoms with Crippen molar-refractivity contribution in [1.29, 1.82) is 0 Å². The highest BCUT2D eigenvalue weighted by Gasteiger charge is 2.21. The van der Waals surface area contributed by atoms with Crippen molar-refractivity contribution in [2.45, 2.75) is 18.9 Å². The van der Waals surface area contributed by atoms with Gasteiger partial charge < -0.3 is 10.2 Å². The topological polar surface area (TPSA) is 18.5 Å². The Hall–Kier alpha value is -1.06. The van der Waals surface area contributed by atoms with Gasteiger partial charge in [0.25, 0.3) is 0 Å². The van der Waals surface area contributed by atoms with Crippen molar-refractivity contribution in [3.8, 4) is 0 Å². The zero-order valence-corrected chi connectivity index (χ0v) is 11.0. The van der Waals surface area contributed by atoms with E-state index in [2.05, 4.69) is 45.4 Å². The summed E-state index contributed by atoms with van der Waals surface area (Å²) in [5.74, 6) is 0. The fourth-order valence-corrected chi connectivity index (χ4v) is 3.05. The summed E-state index contributed by atoms with van der Waals surface area (Å²) in [7, 11) is 0. The fraction of sp³-hybridized carbons (Fsp3) is 0.600. The lowest BCUT2D eigenvalue weighted by atomic mass is 10.2. The molecule has 0 aliphatic carbocycles. The Morgan fingerprint density at radius 3 is 2.50 bits per heavy atom. The van der Waals surface area contributed by atoms with E-state index in [1.54, 1.807) is 0 Å². The second-order valence-corrected chi connectivity index (χ2v) is 5.42. The highest BCUT2D eigenvalue weighted by atomic mass is 15.3. The van der Waals surface area contributed by atoms with Crippen LogP contribution in [0.1, 0.15) is 12.8 Å². The van der Waals surface area contributed by atoms with Gasteiger partial charge in [-0.3, -0.25) is 4.90 Å². The van der Waals surface area contributed by atoms with Crippen LogP contribution in [0.15, 0.2) is 30.3 Å². The normalized spacial score (nSPS) is 25.6. The smallest absolute Gasteiger partial charge is 0.0367 e. The van der Waals surface area contributed by atoms with E-state index >= 15 is 0 Å². The summed E-state index contributed by atoms with van der Waals surface area (Å²) >= 11 is 0. The van der Waals surface area contributed by atoms with Crippen LogP contribution in [0.25, 0.3) is 0 Å². The van der Waals surface area contributed by atoms with E-state index in [-0.39, 0.29) is 0 Å². The summed E-state index contributed by atoms with van der Waals surface area (Å²) < 4.78 is 0. The van der Waals surface area contributed by atoms with Crippen LogP contribution < -0.4 is 10.2 Å². The largest absolute Gasteiger partial charge is 0.369 e. The van der Waals surface area contributed by atoms with Gasteiger partial charge in [0.05, 0.1) is 0 Å². The van der Waals surface area contributed by atoms with Crippen molar-refractivity contribution in [1.82, 2.24) is 10.2 Å². The molecule has 2 fully saturated rings. The molecule has 2 saturated heterocycles. The maximum Gasteiger partial charge on any atom is 0.0367 e. The molecule has 0 spiro atoms. The van der Waals surface area contributed by atoms with Crippen LogP contribution in [-0.4, -0.2) is 50.2 Å². The Balaban J connectivity index is 1.49. The average Bonchev–Trinajstić information content (AvgIpc) is 2.94. The number of para-hydroxylation sites is 1. The first kappa shape index (κ1) is 12.0. The van der Waals surface area contributed by atoms with Gasteiger partial charge in [-0.2, -0.15) is 0 Å². The molecule has 0 radical (unpaired) electrons. The van der Waals surface area contributed by atoms with Crippen LogP contribution >= 0.6 is 0 Å². The molecule has 1 aromatic rings. The summed E-state index contributed by atoms with van der Waals surface area (Å²) in [5, 5.41) is 3.59. The van der Waals surface area contributed by atoms with Gasteiger partial charge in [0.1, 0.15) is 0 Å². The summed E-state index contributed by atoms with van der Waals surface area (Å²) in [6, 6.07) is 11.5. The Morgan fingerprint density at radius 1 is 1.06 bits per heavy atom. The minimum Gasteiger partial charge on any atom is -0.369 e. The predicted molar refractivity (Wildman–Crippen MR) is 76.1 cm³/mol. The zero-order chi connectivity index (χ0) is 12.2. The van der Waals surface area contributed by atoms with E-state index in [0.29, 0.717) is 0 Å². The van der Waals surface area contributed by atoms with Gasteiger partial charge in [-0.1, -0.05) is 18.2 Å². The third-order valence-corrected chi connectivity index (χ3v) is 4.13. The standard InChI is InChI=1S/C15H23N3/c1-2-6-15(7-3-1)18-11-9-17(10-12-18)13-14-5-4-8-16-14/h1-3,6-7,14,16H,4-5,8-13H2/t14-/m1/s1. The van der Waals surface area contributed by atoms with Gasteiger partial charge in [-0.05, 0) is 31.5 Å². The third kappa shape index (κ3) is 2.85. The molecule has 2 aliphatic rings. The maximum absolute atomic E-state index is 3.59. The van der Waals surface area contributed by atoms with Crippen LogP contribution in [0.4, 0.5) is 5.69 Å². The number of hydrogen-bond donors (Lipinski definition) is 1. The first-order valence-corrected chi connectivity index (χ1v) is 7.17. The Morgan fingerprint density at radius 2 is 1.83 bits per heavy atom. The molecular weight excluding hydrogens is 222 g/mol. The quantitative estimate of drug-likeness (QED) is 0.872. The van der Waals surface area contributed by atoms with Gasteiger partial charge in [0.2, 0.25) is 0 Å². The van der Waals surface area contributed by atoms with Crippen LogP contribution in [-0.2, 0) is 0 Å². The number of benzene rings is 1. The van der Waals surface area contributed by atoms with Gasteiger partial charge in [-0.15, -0.1) is 0 Å². The third-order valence-electron chi connectivity index (χ3n) is 4.13. The summed E-state index contributed by atoms with van der Waals surface area (Å²) in [4.78, 5) is 5.11. The molecule has 3 rings (SSSR count). The fourth-order valence-electron chi connectivity index (χ4n) is 3.05. The van der Waals surface area contributed by atoms with Gasteiger partial charge in [0.15, 0.2) is 0 Å². The van der Waals surface area contributed by atoms with Crippen LogP contribution in [0.5, 0.6) is 0 Å². The molecule has 0 aromatic heterocycles. The summed E-state index contributed by atoms with van der Waals surface area (Å²) in [6.07, 6.45) is 2.72. The highest BCUT2D eigenvalue weighted by molar-refractivity contribution is 5.46. The van der Waals surface area contributed by atoms with E-state index in [1.165, 1.54) is 44.7 Å². The molecule has 1 N–H and O–H groups in total. The van der Waals surface area contributed by atoms with E-state index in [0.717, 1.165) is 19.1 Å². The lowest BCUT2D eigenvalue weighted by Crippen LogP contribution is -2.49. The highest BCUT2D eigenvalue weighted by Crippen LogP contribution is 2.16. The summed E-state index contributed by atoms with van der Waals surface area (Å²) in [5.41, 5.74) is 1.37. The number of piperazine rings is 1. The van der Waals surface area contributed by atoms with E-state index in [9.17, 15) is 0 Å². The Labute approximate surface area is 110 Å². The molecule has 0 bridgehead atoms. The number of anilines is 1. The van der Waals surface area contributed by atoms with E-state index in [1.807, 2.05) is 0 Å². The number of nitrogens with one attached hydrogen (secondary N) is 1. The van der Waals surface area contributed by atoms with Crippen molar-refractivity contribution in [3.63, 3.8) is 0 Å². The number of nitrogens with zero attached hydrogens (tertiary/aromatic N) is 2. The number of hydrogen-bond acceptors (Lipinski definition) is 3. The zero-order valence-electron chi connectivity index (χ0n) is 11.0. The molecule has 2 heterocycles. The molecule has 1 aromatic carbocycles. The van der Waals surface area contributed by atoms with Gasteiger partial charge in [0, 0.05) is 44.5 Å². The molecule has 98 valence electrons. The van der Waals surface area contributed by atoms with E-state index < -0.39 is 0 Å². The average molecular weight is 245 g/mol. The minimum absolute atomic E-state index is 0.744. The van der Waals surface area contributed by atoms with Crippen molar-refractivity contribution >= 4 is 5.69 Å². The summed E-state index contributed by atoms with van der Waals surface area (Å²) in [6.45, 7) is 7.19. The van der Waals surface area contributed by atoms with E-state index in [4.69, 9.17) is 0 Å². The van der Waals surface area contributed by atoms with Crippen LogP contribution in [0, 0.1) is 0 Å². The second kappa shape index (κ2) is 5.72. The molecule has 0 amide bonds. The molecular formula is C15H23N3. The van der Waals surface area contributed by atoms with Crippen molar-refractivity contribution < 1.29 is 0 Å². The van der Waals surface area contributed by atoms with Crippen molar-refractivity contribution in [2.24, 2.45) is 0 Å². The molecule has 0 unspecified atom stereocenters. The van der Waals surface area contributed by atoms with Gasteiger partial charge in [-0.25, -0.2) is 0 Å². The van der Waals surface area contributed by atoms with Crippen LogP contribution in [0.3, 0.4) is 0 Å². The Bertz CT molecular complexity index is 351. The molecule has 18 heavy (non-hydrogen) atoms. The molecule has 2 aliphatic heterocycles. The first-order chi connectivity index (χ1) is 8.92. The molecule has 0 saturated carbocycles. The SMILES string of the molecule is c1ccc(N2CCN(C[C@H]3CCCN3)CC2)cc1. The number of rotatable bonds is 3. The predicted octanol–water partition coefficient (Wildman–Crippen LogP) is 1.56. The van der Waals surface area contributed by atoms with Crippen molar-refractivity contribution in [3.05, 3.63) is 30.3 Å².